The summed E-state index contributed by atoms with van der Waals surface area (Å²) in [6.07, 6.45) is 5.26. The summed E-state index contributed by atoms with van der Waals surface area (Å²) >= 11 is 3.13. The minimum absolute atomic E-state index is 0. The van der Waals surface area contributed by atoms with Crippen LogP contribution in [0.2, 0.25) is 0 Å². The van der Waals surface area contributed by atoms with E-state index in [1.54, 1.807) is 54.6 Å². The van der Waals surface area contributed by atoms with Crippen LogP contribution in [0.5, 0.6) is 23.0 Å². The van der Waals surface area contributed by atoms with Crippen LogP contribution in [0.25, 0.3) is 21.5 Å². The zero-order chi connectivity index (χ0) is 28.2. The van der Waals surface area contributed by atoms with Crippen LogP contribution in [0, 0.1) is 0 Å². The number of alkyl halides is 1. The summed E-state index contributed by atoms with van der Waals surface area (Å²) in [7, 11) is 0. The number of carbonyl (C=O) groups excluding carboxylic acids is 1. The zero-order valence-corrected chi connectivity index (χ0v) is 30.6. The van der Waals surface area contributed by atoms with E-state index in [1.807, 2.05) is 36.4 Å². The molecule has 4 aromatic carbocycles. The third-order valence-electron chi connectivity index (χ3n) is 4.47. The van der Waals surface area contributed by atoms with Crippen LogP contribution in [-0.4, -0.2) is 35.2 Å². The second-order valence-corrected chi connectivity index (χ2v) is 7.87. The number of allylic oxidation sites excluding steroid dienone is 1. The van der Waals surface area contributed by atoms with Crippen molar-refractivity contribution in [2.24, 2.45) is 0 Å². The predicted molar refractivity (Wildman–Crippen MR) is 155 cm³/mol. The molecular weight excluding hydrogens is 630 g/mol. The summed E-state index contributed by atoms with van der Waals surface area (Å²) in [6, 6.07) is 22.0. The minimum Gasteiger partial charge on any atom is -1.00 e. The fourth-order valence-corrected chi connectivity index (χ4v) is 2.91. The van der Waals surface area contributed by atoms with Gasteiger partial charge in [-0.05, 0) is 70.1 Å². The summed E-state index contributed by atoms with van der Waals surface area (Å²) in [6.45, 7) is 11.5. The van der Waals surface area contributed by atoms with Crippen LogP contribution in [0.3, 0.4) is 0 Å². The van der Waals surface area contributed by atoms with Crippen LogP contribution in [0.4, 0.5) is 0 Å². The van der Waals surface area contributed by atoms with Gasteiger partial charge < -0.3 is 31.3 Å². The van der Waals surface area contributed by atoms with E-state index in [0.29, 0.717) is 13.2 Å². The minimum atomic E-state index is -0.181. The van der Waals surface area contributed by atoms with Gasteiger partial charge in [-0.3, -0.25) is 4.79 Å². The average molecular weight is 662 g/mol. The van der Waals surface area contributed by atoms with Crippen molar-refractivity contribution in [1.82, 2.24) is 0 Å². The third kappa shape index (κ3) is 17.1. The molecule has 0 aliphatic carbocycles. The van der Waals surface area contributed by atoms with Gasteiger partial charge >= 0.3 is 103 Å². The van der Waals surface area contributed by atoms with E-state index in [2.05, 4.69) is 40.6 Å². The number of ether oxygens (including phenoxy) is 2. The Morgan fingerprint density at radius 2 is 1.02 bits per heavy atom. The van der Waals surface area contributed by atoms with Gasteiger partial charge in [0.15, 0.2) is 0 Å². The molecule has 0 radical (unpaired) electrons. The van der Waals surface area contributed by atoms with Crippen molar-refractivity contribution in [3.05, 3.63) is 111 Å². The molecule has 10 heteroatoms. The van der Waals surface area contributed by atoms with Gasteiger partial charge in [0.25, 0.3) is 6.47 Å². The molecule has 4 aromatic rings. The van der Waals surface area contributed by atoms with E-state index in [0.717, 1.165) is 38.4 Å². The summed E-state index contributed by atoms with van der Waals surface area (Å²) in [5.74, 6) is 2.19. The zero-order valence-electron chi connectivity index (χ0n) is 23.8. The number of rotatable bonds is 8. The number of phenolic OH excluding ortho intramolecular Hbond substituents is 2. The number of aromatic hydroxyl groups is 2. The van der Waals surface area contributed by atoms with E-state index >= 15 is 0 Å². The van der Waals surface area contributed by atoms with Gasteiger partial charge in [0.2, 0.25) is 0 Å². The molecule has 0 saturated heterocycles. The molecule has 0 aliphatic rings. The van der Waals surface area contributed by atoms with Gasteiger partial charge in [0.05, 0.1) is 0 Å². The van der Waals surface area contributed by atoms with E-state index in [-0.39, 0.29) is 122 Å². The maximum Gasteiger partial charge on any atom is 1.00 e. The van der Waals surface area contributed by atoms with Crippen molar-refractivity contribution >= 4 is 43.9 Å². The third-order valence-corrected chi connectivity index (χ3v) is 4.93. The van der Waals surface area contributed by atoms with E-state index in [4.69, 9.17) is 29.7 Å². The van der Waals surface area contributed by atoms with Crippen LogP contribution < -0.4 is 118 Å². The molecule has 0 atom stereocenters. The molecule has 4 rings (SSSR count). The molecule has 7 nitrogen and oxygen atoms in total. The number of halogens is 1. The Morgan fingerprint density at radius 1 is 0.700 bits per heavy atom. The molecule has 0 heterocycles. The molecule has 0 unspecified atom stereocenters. The molecule has 0 saturated carbocycles. The second-order valence-electron chi connectivity index (χ2n) is 7.22. The maximum atomic E-state index is 9.14. The standard InChI is InChI=1S/C16H16O2.C10H8O2.C3H5Br.CH2O3.2K.H/c1-3-9-17-15-7-5-14-12-16(18-10-4-2)8-6-13(14)11-15;11-9-3-1-7-5-10(12)4-2-8(7)6-9;1-2-3-4;2-1-4-3;;;/h3-8,11-12H,1-2,9-10H2;1-6,11-12H;2H,1,3H2;1,3H;;;/q;;;;2*+1;-1/p-1. The van der Waals surface area contributed by atoms with Crippen LogP contribution in [-0.2, 0) is 9.68 Å². The van der Waals surface area contributed by atoms with Crippen LogP contribution >= 0.6 is 15.9 Å². The predicted octanol–water partition coefficient (Wildman–Crippen LogP) is 0.343. The van der Waals surface area contributed by atoms with Crippen LogP contribution in [0.15, 0.2) is 111 Å². The fourth-order valence-electron chi connectivity index (χ4n) is 2.91. The molecule has 0 fully saturated rings. The number of phenols is 2. The molecule has 202 valence electrons. The summed E-state index contributed by atoms with van der Waals surface area (Å²) in [4.78, 5) is 11.2. The monoisotopic (exact) mass is 660 g/mol. The van der Waals surface area contributed by atoms with Crippen molar-refractivity contribution in [1.29, 1.82) is 0 Å². The Balaban J connectivity index is -0.000000546. The van der Waals surface area contributed by atoms with Crippen molar-refractivity contribution in [2.75, 3.05) is 18.5 Å². The normalized spacial score (nSPS) is 8.75. The van der Waals surface area contributed by atoms with Gasteiger partial charge in [-0.2, -0.15) is 0 Å². The smallest absolute Gasteiger partial charge is 1.00 e. The van der Waals surface area contributed by atoms with Gasteiger partial charge in [-0.15, -0.1) is 6.58 Å². The molecule has 0 aromatic heterocycles. The van der Waals surface area contributed by atoms with Gasteiger partial charge in [0.1, 0.15) is 36.2 Å². The number of hydrogen-bond donors (Lipinski definition) is 2. The topological polar surface area (TPSA) is 108 Å². The molecule has 0 bridgehead atoms. The SMILES string of the molecule is C=CCBr.C=CCOc1ccc2cc(OCC=C)ccc2c1.O=CO[O-].Oc1ccc2cc(O)ccc2c1.[H-].[K+].[K+]. The van der Waals surface area contributed by atoms with E-state index < -0.39 is 0 Å². The van der Waals surface area contributed by atoms with Crippen molar-refractivity contribution < 1.29 is 139 Å². The largest absolute Gasteiger partial charge is 1.00 e. The van der Waals surface area contributed by atoms with E-state index in [9.17, 15) is 0 Å². The first-order valence-electron chi connectivity index (χ1n) is 11.2. The van der Waals surface area contributed by atoms with E-state index in [1.165, 1.54) is 0 Å². The van der Waals surface area contributed by atoms with Gasteiger partial charge in [-0.25, -0.2) is 0 Å². The average Bonchev–Trinajstić information content (AvgIpc) is 2.95. The fraction of sp³-hybridized carbons (Fsp3) is 0.100. The summed E-state index contributed by atoms with van der Waals surface area (Å²) < 4.78 is 11.0. The van der Waals surface area contributed by atoms with Crippen molar-refractivity contribution in [3.8, 4) is 23.0 Å². The van der Waals surface area contributed by atoms with Crippen LogP contribution in [0.1, 0.15) is 1.43 Å². The molecule has 0 aliphatic heterocycles. The first kappa shape index (κ1) is 41.1. The van der Waals surface area contributed by atoms with Gasteiger partial charge in [-0.1, -0.05) is 71.6 Å². The number of hydrogen-bond acceptors (Lipinski definition) is 7. The second kappa shape index (κ2) is 25.7. The summed E-state index contributed by atoms with van der Waals surface area (Å²) in [5.41, 5.74) is 0. The molecule has 0 spiro atoms. The Kier molecular flexibility index (Phi) is 26.4. The first-order chi connectivity index (χ1) is 18.4. The molecular formula is C30H31BrK2O7. The van der Waals surface area contributed by atoms with Crippen molar-refractivity contribution in [3.63, 3.8) is 0 Å². The molecule has 0 amide bonds. The summed E-state index contributed by atoms with van der Waals surface area (Å²) in [5, 5.41) is 31.7. The van der Waals surface area contributed by atoms with Crippen molar-refractivity contribution in [2.45, 2.75) is 0 Å². The number of fused-ring (bicyclic) bond motifs is 2. The Morgan fingerprint density at radius 3 is 1.32 bits per heavy atom. The first-order valence-corrected chi connectivity index (χ1v) is 12.4. The molecule has 2 N–H and O–H groups in total. The molecule has 40 heavy (non-hydrogen) atoms. The maximum absolute atomic E-state index is 9.14. The number of benzene rings is 4. The van der Waals surface area contributed by atoms with Gasteiger partial charge in [0, 0.05) is 5.33 Å². The Labute approximate surface area is 329 Å². The quantitative estimate of drug-likeness (QED) is 0.0701. The Hall–Kier alpha value is -0.997. The number of carbonyl (C=O) groups is 1. The Bertz CT molecular complexity index is 1220.